The van der Waals surface area contributed by atoms with Crippen molar-refractivity contribution in [3.05, 3.63) is 28.4 Å². The third kappa shape index (κ3) is 0.982. The summed E-state index contributed by atoms with van der Waals surface area (Å²) in [7, 11) is 0. The van der Waals surface area contributed by atoms with Crippen molar-refractivity contribution in [1.29, 1.82) is 0 Å². The van der Waals surface area contributed by atoms with E-state index in [2.05, 4.69) is 15.2 Å². The first kappa shape index (κ1) is 7.73. The lowest BCUT2D eigenvalue weighted by atomic mass is 9.83. The van der Waals surface area contributed by atoms with Crippen molar-refractivity contribution in [3.63, 3.8) is 0 Å². The summed E-state index contributed by atoms with van der Waals surface area (Å²) in [6.07, 6.45) is 5.43. The number of nitrogens with one attached hydrogen (secondary N) is 1. The lowest BCUT2D eigenvalue weighted by Gasteiger charge is -2.24. The monoisotopic (exact) mass is 190 g/mol. The molecule has 2 aromatic heterocycles. The van der Waals surface area contributed by atoms with Crippen LogP contribution >= 0.6 is 0 Å². The van der Waals surface area contributed by atoms with E-state index in [0.29, 0.717) is 11.7 Å². The molecule has 1 fully saturated rings. The molecule has 2 heterocycles. The van der Waals surface area contributed by atoms with Crippen molar-refractivity contribution in [2.45, 2.75) is 25.2 Å². The molecular formula is C9H10N4O. The molecule has 0 atom stereocenters. The molecule has 0 amide bonds. The molecule has 0 saturated heterocycles. The van der Waals surface area contributed by atoms with E-state index in [4.69, 9.17) is 0 Å². The Labute approximate surface area is 79.8 Å². The zero-order chi connectivity index (χ0) is 9.54. The van der Waals surface area contributed by atoms with Gasteiger partial charge in [0.15, 0.2) is 0 Å². The smallest absolute Gasteiger partial charge is 0.246 e. The molecule has 0 aliphatic heterocycles. The predicted octanol–water partition coefficient (Wildman–Crippen LogP) is 0.685. The zero-order valence-corrected chi connectivity index (χ0v) is 7.60. The van der Waals surface area contributed by atoms with Gasteiger partial charge in [0.25, 0.3) is 5.78 Å². The van der Waals surface area contributed by atoms with E-state index in [9.17, 15) is 4.79 Å². The van der Waals surface area contributed by atoms with Crippen molar-refractivity contribution in [3.8, 4) is 0 Å². The summed E-state index contributed by atoms with van der Waals surface area (Å²) < 4.78 is 1.42. The SMILES string of the molecule is O=c1[nH]nc2nc(C3CCC3)ccn12. The fourth-order valence-corrected chi connectivity index (χ4v) is 1.74. The largest absolute Gasteiger partial charge is 0.348 e. The molecule has 3 rings (SSSR count). The van der Waals surface area contributed by atoms with Crippen LogP contribution in [0.1, 0.15) is 30.9 Å². The molecule has 0 aromatic carbocycles. The second-order valence-electron chi connectivity index (χ2n) is 3.68. The number of aromatic nitrogens is 4. The van der Waals surface area contributed by atoms with Gasteiger partial charge in [0, 0.05) is 17.8 Å². The molecular weight excluding hydrogens is 180 g/mol. The van der Waals surface area contributed by atoms with E-state index in [1.807, 2.05) is 6.07 Å². The number of hydrogen-bond donors (Lipinski definition) is 1. The van der Waals surface area contributed by atoms with Gasteiger partial charge in [-0.3, -0.25) is 0 Å². The van der Waals surface area contributed by atoms with Crippen molar-refractivity contribution in [2.75, 3.05) is 0 Å². The molecule has 14 heavy (non-hydrogen) atoms. The Morgan fingerprint density at radius 2 is 2.36 bits per heavy atom. The Bertz CT molecular complexity index is 523. The Balaban J connectivity index is 2.15. The molecule has 0 bridgehead atoms. The summed E-state index contributed by atoms with van der Waals surface area (Å²) in [5.41, 5.74) is 0.829. The van der Waals surface area contributed by atoms with Gasteiger partial charge in [-0.15, -0.1) is 5.10 Å². The number of H-pyrrole nitrogens is 1. The van der Waals surface area contributed by atoms with Gasteiger partial charge >= 0.3 is 5.69 Å². The van der Waals surface area contributed by atoms with E-state index in [1.54, 1.807) is 6.20 Å². The third-order valence-electron chi connectivity index (χ3n) is 2.83. The van der Waals surface area contributed by atoms with Crippen LogP contribution in [0, 0.1) is 0 Å². The first-order valence-electron chi connectivity index (χ1n) is 4.78. The van der Waals surface area contributed by atoms with Gasteiger partial charge in [0.2, 0.25) is 0 Å². The minimum atomic E-state index is -0.229. The van der Waals surface area contributed by atoms with E-state index < -0.39 is 0 Å². The predicted molar refractivity (Wildman–Crippen MR) is 50.2 cm³/mol. The van der Waals surface area contributed by atoms with Gasteiger partial charge in [0.1, 0.15) is 0 Å². The third-order valence-corrected chi connectivity index (χ3v) is 2.83. The first-order chi connectivity index (χ1) is 6.84. The lowest BCUT2D eigenvalue weighted by molar-refractivity contribution is 0.411. The highest BCUT2D eigenvalue weighted by Crippen LogP contribution is 2.34. The van der Waals surface area contributed by atoms with Crippen molar-refractivity contribution in [1.82, 2.24) is 19.6 Å². The molecule has 0 spiro atoms. The molecule has 1 aliphatic rings. The van der Waals surface area contributed by atoms with Gasteiger partial charge in [0.05, 0.1) is 0 Å². The molecule has 5 nitrogen and oxygen atoms in total. The maximum Gasteiger partial charge on any atom is 0.348 e. The van der Waals surface area contributed by atoms with Gasteiger partial charge in [-0.2, -0.15) is 0 Å². The molecule has 0 radical (unpaired) electrons. The average Bonchev–Trinajstić information content (AvgIpc) is 2.45. The zero-order valence-electron chi connectivity index (χ0n) is 7.60. The summed E-state index contributed by atoms with van der Waals surface area (Å²) in [5.74, 6) is 1.05. The molecule has 5 heteroatoms. The van der Waals surface area contributed by atoms with Crippen LogP contribution in [-0.4, -0.2) is 19.6 Å². The Kier molecular flexibility index (Phi) is 1.47. The number of nitrogens with zero attached hydrogens (tertiary/aromatic N) is 3. The standard InChI is InChI=1S/C9H10N4O/c14-9-12-11-8-10-7(4-5-13(8)9)6-2-1-3-6/h4-6H,1-3H2,(H,12,14). The van der Waals surface area contributed by atoms with E-state index in [0.717, 1.165) is 5.69 Å². The maximum absolute atomic E-state index is 11.1. The minimum Gasteiger partial charge on any atom is -0.246 e. The quantitative estimate of drug-likeness (QED) is 0.719. The fraction of sp³-hybridized carbons (Fsp3) is 0.444. The second kappa shape index (κ2) is 2.67. The van der Waals surface area contributed by atoms with Crippen LogP contribution < -0.4 is 5.69 Å². The highest BCUT2D eigenvalue weighted by atomic mass is 16.1. The van der Waals surface area contributed by atoms with Crippen LogP contribution in [0.15, 0.2) is 17.1 Å². The van der Waals surface area contributed by atoms with E-state index >= 15 is 0 Å². The highest BCUT2D eigenvalue weighted by Gasteiger charge is 2.21. The van der Waals surface area contributed by atoms with Crippen LogP contribution in [0.25, 0.3) is 5.78 Å². The Morgan fingerprint density at radius 3 is 3.07 bits per heavy atom. The van der Waals surface area contributed by atoms with E-state index in [-0.39, 0.29) is 5.69 Å². The summed E-state index contributed by atoms with van der Waals surface area (Å²) in [5, 5.41) is 6.21. The number of hydrogen-bond acceptors (Lipinski definition) is 3. The van der Waals surface area contributed by atoms with Crippen LogP contribution in [0.3, 0.4) is 0 Å². The van der Waals surface area contributed by atoms with Crippen LogP contribution in [-0.2, 0) is 0 Å². The van der Waals surface area contributed by atoms with Crippen LogP contribution in [0.4, 0.5) is 0 Å². The van der Waals surface area contributed by atoms with Gasteiger partial charge in [-0.25, -0.2) is 19.3 Å². The molecule has 2 aromatic rings. The molecule has 1 aliphatic carbocycles. The van der Waals surface area contributed by atoms with Crippen LogP contribution in [0.2, 0.25) is 0 Å². The highest BCUT2D eigenvalue weighted by molar-refractivity contribution is 5.28. The fourth-order valence-electron chi connectivity index (χ4n) is 1.74. The van der Waals surface area contributed by atoms with Crippen molar-refractivity contribution in [2.24, 2.45) is 0 Å². The first-order valence-corrected chi connectivity index (χ1v) is 4.78. The molecule has 1 N–H and O–H groups in total. The summed E-state index contributed by atoms with van der Waals surface area (Å²) in [4.78, 5) is 15.5. The van der Waals surface area contributed by atoms with Crippen LogP contribution in [0.5, 0.6) is 0 Å². The van der Waals surface area contributed by atoms with Gasteiger partial charge in [-0.1, -0.05) is 6.42 Å². The van der Waals surface area contributed by atoms with Gasteiger partial charge < -0.3 is 0 Å². The number of fused-ring (bicyclic) bond motifs is 1. The average molecular weight is 190 g/mol. The summed E-state index contributed by atoms with van der Waals surface area (Å²) in [6.45, 7) is 0. The van der Waals surface area contributed by atoms with E-state index in [1.165, 1.54) is 23.7 Å². The number of aromatic amines is 1. The Hall–Kier alpha value is -1.65. The number of rotatable bonds is 1. The van der Waals surface area contributed by atoms with Crippen molar-refractivity contribution < 1.29 is 0 Å². The maximum atomic E-state index is 11.1. The molecule has 0 unspecified atom stereocenters. The topological polar surface area (TPSA) is 63.0 Å². The lowest BCUT2D eigenvalue weighted by Crippen LogP contribution is -2.13. The Morgan fingerprint density at radius 1 is 1.50 bits per heavy atom. The summed E-state index contributed by atoms with van der Waals surface area (Å²) >= 11 is 0. The summed E-state index contributed by atoms with van der Waals surface area (Å²) in [6, 6.07) is 1.91. The normalized spacial score (nSPS) is 17.1. The minimum absolute atomic E-state index is 0.229. The van der Waals surface area contributed by atoms with Crippen molar-refractivity contribution >= 4 is 5.78 Å². The van der Waals surface area contributed by atoms with Gasteiger partial charge in [-0.05, 0) is 18.9 Å². The second-order valence-corrected chi connectivity index (χ2v) is 3.68. The molecule has 72 valence electrons. The molecule has 1 saturated carbocycles.